The predicted molar refractivity (Wildman–Crippen MR) is 124 cm³/mol. The van der Waals surface area contributed by atoms with Gasteiger partial charge < -0.3 is 20.3 Å². The van der Waals surface area contributed by atoms with E-state index in [1.165, 1.54) is 17.3 Å². The maximum atomic E-state index is 13.5. The molecule has 38 heavy (non-hydrogen) atoms. The summed E-state index contributed by atoms with van der Waals surface area (Å²) >= 11 is 6.17. The molecule has 1 aliphatic rings. The summed E-state index contributed by atoms with van der Waals surface area (Å²) in [6.45, 7) is -0.0294. The van der Waals surface area contributed by atoms with Gasteiger partial charge in [-0.05, 0) is 30.2 Å². The molecule has 0 radical (unpaired) electrons. The summed E-state index contributed by atoms with van der Waals surface area (Å²) < 4.78 is 80.9. The molecule has 200 valence electrons. The van der Waals surface area contributed by atoms with Crippen LogP contribution in [0.15, 0.2) is 30.6 Å². The van der Waals surface area contributed by atoms with Crippen molar-refractivity contribution in [3.63, 3.8) is 0 Å². The molecule has 0 aliphatic carbocycles. The second-order valence-corrected chi connectivity index (χ2v) is 8.76. The number of aliphatic hydroxyl groups is 1. The average Bonchev–Trinajstić information content (AvgIpc) is 3.24. The largest absolute Gasteiger partial charge is 0.451 e. The zero-order chi connectivity index (χ0) is 27.2. The maximum absolute atomic E-state index is 13.5. The summed E-state index contributed by atoms with van der Waals surface area (Å²) in [6.07, 6.45) is -7.47. The van der Waals surface area contributed by atoms with Crippen molar-refractivity contribution in [2.75, 3.05) is 29.9 Å². The zero-order valence-electron chi connectivity index (χ0n) is 19.1. The molecule has 9 nitrogen and oxygen atoms in total. The van der Waals surface area contributed by atoms with Gasteiger partial charge in [0.25, 0.3) is 0 Å². The van der Waals surface area contributed by atoms with Gasteiger partial charge in [0, 0.05) is 52.7 Å². The first kappa shape index (κ1) is 25.9. The number of aromatic nitrogens is 6. The highest BCUT2D eigenvalue weighted by molar-refractivity contribution is 6.31. The molecule has 0 spiro atoms. The first-order chi connectivity index (χ1) is 18.0. The molecule has 0 fully saturated rings. The number of nitrogens with zero attached hydrogens (tertiary/aromatic N) is 6. The number of nitrogens with one attached hydrogen (secondary N) is 2. The van der Waals surface area contributed by atoms with E-state index in [9.17, 15) is 26.3 Å². The highest BCUT2D eigenvalue weighted by Gasteiger charge is 2.43. The van der Waals surface area contributed by atoms with E-state index in [1.54, 1.807) is 18.2 Å². The number of aliphatic hydroxyl groups excluding tert-OH is 1. The van der Waals surface area contributed by atoms with Crippen LogP contribution >= 0.6 is 11.6 Å². The van der Waals surface area contributed by atoms with Crippen LogP contribution in [-0.4, -0.2) is 54.7 Å². The average molecular weight is 559 g/mol. The Labute approximate surface area is 214 Å². The van der Waals surface area contributed by atoms with Gasteiger partial charge in [-0.15, -0.1) is 0 Å². The number of rotatable bonds is 5. The van der Waals surface area contributed by atoms with E-state index >= 15 is 0 Å². The Morgan fingerprint density at radius 3 is 2.29 bits per heavy atom. The number of hydrogen-bond acceptors (Lipinski definition) is 8. The molecule has 4 aromatic rings. The molecule has 3 N–H and O–H groups in total. The number of benzene rings is 1. The number of hydrogen-bond donors (Lipinski definition) is 3. The summed E-state index contributed by atoms with van der Waals surface area (Å²) in [5, 5.41) is 13.0. The third-order valence-corrected chi connectivity index (χ3v) is 6.09. The number of aromatic amines is 1. The quantitative estimate of drug-likeness (QED) is 0.309. The fourth-order valence-corrected chi connectivity index (χ4v) is 4.48. The van der Waals surface area contributed by atoms with Gasteiger partial charge in [-0.1, -0.05) is 11.6 Å². The van der Waals surface area contributed by atoms with Gasteiger partial charge in [0.15, 0.2) is 0 Å². The van der Waals surface area contributed by atoms with Crippen molar-refractivity contribution >= 4 is 34.4 Å². The lowest BCUT2D eigenvalue weighted by Gasteiger charge is -2.36. The molecule has 16 heteroatoms. The van der Waals surface area contributed by atoms with Crippen LogP contribution in [0.1, 0.15) is 34.5 Å². The molecular formula is C22H17ClF6N8O. The van der Waals surface area contributed by atoms with Crippen molar-refractivity contribution in [3.05, 3.63) is 64.1 Å². The normalized spacial score (nSPS) is 16.1. The molecule has 1 aromatic carbocycles. The van der Waals surface area contributed by atoms with E-state index in [2.05, 4.69) is 35.2 Å². The molecule has 1 atom stereocenters. The van der Waals surface area contributed by atoms with E-state index < -0.39 is 36.0 Å². The first-order valence-electron chi connectivity index (χ1n) is 11.1. The standard InChI is InChI=1S/C22H17ClF6N8O/c23-11-1-2-14-13(7-11)12-3-5-37(20-35-17(21(24,25)26)34-18(36-20)22(27,28)29)16(15(12)33-14)10-8-31-19(32-9-10)30-4-6-38/h1-2,7-9,16,33,38H,3-6H2,(H,30,31,32)/t16-/m0/s1. The Balaban J connectivity index is 1.68. The smallest absolute Gasteiger partial charge is 0.395 e. The summed E-state index contributed by atoms with van der Waals surface area (Å²) in [5.74, 6) is -4.53. The summed E-state index contributed by atoms with van der Waals surface area (Å²) in [5.41, 5.74) is 2.31. The molecule has 0 amide bonds. The minimum absolute atomic E-state index is 0.0275. The number of anilines is 2. The van der Waals surface area contributed by atoms with Gasteiger partial charge in [-0.3, -0.25) is 0 Å². The van der Waals surface area contributed by atoms with Crippen molar-refractivity contribution < 1.29 is 31.4 Å². The van der Waals surface area contributed by atoms with Crippen LogP contribution in [0.3, 0.4) is 0 Å². The molecule has 0 bridgehead atoms. The van der Waals surface area contributed by atoms with Crippen molar-refractivity contribution in [1.29, 1.82) is 0 Å². The number of fused-ring (bicyclic) bond motifs is 3. The van der Waals surface area contributed by atoms with E-state index in [1.807, 2.05) is 0 Å². The van der Waals surface area contributed by atoms with Crippen molar-refractivity contribution in [1.82, 2.24) is 29.9 Å². The molecular weight excluding hydrogens is 542 g/mol. The summed E-state index contributed by atoms with van der Waals surface area (Å²) in [7, 11) is 0. The van der Waals surface area contributed by atoms with Gasteiger partial charge in [0.05, 0.1) is 6.61 Å². The highest BCUT2D eigenvalue weighted by atomic mass is 35.5. The Bertz CT molecular complexity index is 1440. The topological polar surface area (TPSA) is 116 Å². The molecule has 1 aliphatic heterocycles. The molecule has 5 rings (SSSR count). The van der Waals surface area contributed by atoms with Gasteiger partial charge in [0.2, 0.25) is 23.5 Å². The second-order valence-electron chi connectivity index (χ2n) is 8.32. The third kappa shape index (κ3) is 4.90. The molecule has 0 saturated heterocycles. The SMILES string of the molecule is OCCNc1ncc([C@H]2c3[nH]c4ccc(Cl)cc4c3CCN2c2nc(C(F)(F)F)nc(C(F)(F)F)n2)cn1. The lowest BCUT2D eigenvalue weighted by molar-refractivity contribution is -0.155. The maximum Gasteiger partial charge on any atom is 0.451 e. The van der Waals surface area contributed by atoms with Crippen LogP contribution in [0.2, 0.25) is 5.02 Å². The Kier molecular flexibility index (Phi) is 6.51. The summed E-state index contributed by atoms with van der Waals surface area (Å²) in [6, 6.07) is 4.13. The van der Waals surface area contributed by atoms with Crippen molar-refractivity contribution in [3.8, 4) is 0 Å². The molecule has 3 aromatic heterocycles. The first-order valence-corrected chi connectivity index (χ1v) is 11.5. The van der Waals surface area contributed by atoms with E-state index in [0.29, 0.717) is 21.8 Å². The second kappa shape index (κ2) is 9.54. The minimum Gasteiger partial charge on any atom is -0.395 e. The molecule has 4 heterocycles. The zero-order valence-corrected chi connectivity index (χ0v) is 19.8. The van der Waals surface area contributed by atoms with Crippen LogP contribution in [0.5, 0.6) is 0 Å². The summed E-state index contributed by atoms with van der Waals surface area (Å²) in [4.78, 5) is 22.2. The fourth-order valence-electron chi connectivity index (χ4n) is 4.31. The third-order valence-electron chi connectivity index (χ3n) is 5.86. The Morgan fingerprint density at radius 1 is 1.03 bits per heavy atom. The van der Waals surface area contributed by atoms with Crippen LogP contribution in [0, 0.1) is 0 Å². The van der Waals surface area contributed by atoms with Crippen LogP contribution < -0.4 is 10.2 Å². The van der Waals surface area contributed by atoms with Crippen molar-refractivity contribution in [2.24, 2.45) is 0 Å². The molecule has 0 unspecified atom stereocenters. The van der Waals surface area contributed by atoms with Gasteiger partial charge in [-0.25, -0.2) is 15.0 Å². The van der Waals surface area contributed by atoms with E-state index in [-0.39, 0.29) is 32.1 Å². The van der Waals surface area contributed by atoms with Crippen LogP contribution in [-0.2, 0) is 18.8 Å². The Hall–Kier alpha value is -3.72. The highest BCUT2D eigenvalue weighted by Crippen LogP contribution is 2.41. The van der Waals surface area contributed by atoms with E-state index in [4.69, 9.17) is 16.7 Å². The van der Waals surface area contributed by atoms with Gasteiger partial charge in [0.1, 0.15) is 6.04 Å². The fraction of sp³-hybridized carbons (Fsp3) is 0.318. The molecule has 0 saturated carbocycles. The number of halogens is 7. The van der Waals surface area contributed by atoms with E-state index in [0.717, 1.165) is 10.9 Å². The van der Waals surface area contributed by atoms with Crippen LogP contribution in [0.4, 0.5) is 38.2 Å². The Morgan fingerprint density at radius 2 is 1.68 bits per heavy atom. The monoisotopic (exact) mass is 558 g/mol. The van der Waals surface area contributed by atoms with Gasteiger partial charge >= 0.3 is 12.4 Å². The number of alkyl halides is 6. The lowest BCUT2D eigenvalue weighted by Crippen LogP contribution is -2.38. The number of H-pyrrole nitrogens is 1. The van der Waals surface area contributed by atoms with Gasteiger partial charge in [-0.2, -0.15) is 36.3 Å². The van der Waals surface area contributed by atoms with Crippen LogP contribution in [0.25, 0.3) is 10.9 Å². The predicted octanol–water partition coefficient (Wildman–Crippen LogP) is 4.39. The minimum atomic E-state index is -5.24. The van der Waals surface area contributed by atoms with Crippen molar-refractivity contribution in [2.45, 2.75) is 24.8 Å². The lowest BCUT2D eigenvalue weighted by atomic mass is 9.94.